The van der Waals surface area contributed by atoms with E-state index in [9.17, 15) is 13.2 Å². The second-order valence-corrected chi connectivity index (χ2v) is 10.2. The molecule has 0 unspecified atom stereocenters. The first-order chi connectivity index (χ1) is 13.8. The standard InChI is InChI=1S/C20H24N4O3S2/c1-14(2)19(25)22-11-17-13-28-20(23-17)16-4-3-9-24(12-16)29(26,27)18-7-5-15(10-21)6-8-18/h5-8,13-14,16H,3-4,9,11-12H2,1-2H3,(H,22,25)/t16-/m0/s1. The van der Waals surface area contributed by atoms with Crippen molar-refractivity contribution < 1.29 is 13.2 Å². The molecular formula is C20H24N4O3S2. The highest BCUT2D eigenvalue weighted by molar-refractivity contribution is 7.89. The summed E-state index contributed by atoms with van der Waals surface area (Å²) in [5.74, 6) is -0.0548. The maximum atomic E-state index is 13.0. The van der Waals surface area contributed by atoms with Crippen LogP contribution in [0.4, 0.5) is 0 Å². The quantitative estimate of drug-likeness (QED) is 0.756. The van der Waals surface area contributed by atoms with Gasteiger partial charge >= 0.3 is 0 Å². The molecule has 1 aliphatic rings. The minimum absolute atomic E-state index is 0.0168. The van der Waals surface area contributed by atoms with Gasteiger partial charge in [-0.15, -0.1) is 11.3 Å². The number of carbonyl (C=O) groups excluding carboxylic acids is 1. The molecule has 1 aliphatic heterocycles. The number of sulfonamides is 1. The van der Waals surface area contributed by atoms with E-state index >= 15 is 0 Å². The predicted octanol–water partition coefficient (Wildman–Crippen LogP) is 2.86. The van der Waals surface area contributed by atoms with E-state index in [2.05, 4.69) is 10.3 Å². The van der Waals surface area contributed by atoms with E-state index in [0.717, 1.165) is 23.5 Å². The van der Waals surface area contributed by atoms with Crippen molar-refractivity contribution in [3.8, 4) is 6.07 Å². The molecule has 1 aromatic heterocycles. The monoisotopic (exact) mass is 432 g/mol. The molecule has 1 atom stereocenters. The summed E-state index contributed by atoms with van der Waals surface area (Å²) in [5.41, 5.74) is 1.23. The molecule has 154 valence electrons. The average Bonchev–Trinajstić information content (AvgIpc) is 3.21. The zero-order valence-electron chi connectivity index (χ0n) is 16.5. The van der Waals surface area contributed by atoms with Crippen LogP contribution in [0.15, 0.2) is 34.5 Å². The van der Waals surface area contributed by atoms with Crippen molar-refractivity contribution in [3.63, 3.8) is 0 Å². The fraction of sp³-hybridized carbons (Fsp3) is 0.450. The fourth-order valence-electron chi connectivity index (χ4n) is 3.19. The second kappa shape index (κ2) is 9.03. The first-order valence-electron chi connectivity index (χ1n) is 9.53. The van der Waals surface area contributed by atoms with Gasteiger partial charge in [0.1, 0.15) is 0 Å². The van der Waals surface area contributed by atoms with Crippen LogP contribution in [0.25, 0.3) is 0 Å². The lowest BCUT2D eigenvalue weighted by Gasteiger charge is -2.31. The van der Waals surface area contributed by atoms with Crippen molar-refractivity contribution in [3.05, 3.63) is 45.9 Å². The van der Waals surface area contributed by atoms with Gasteiger partial charge in [0.15, 0.2) is 0 Å². The number of hydrogen-bond acceptors (Lipinski definition) is 6. The summed E-state index contributed by atoms with van der Waals surface area (Å²) in [4.78, 5) is 16.6. The van der Waals surface area contributed by atoms with Gasteiger partial charge in [-0.1, -0.05) is 13.8 Å². The van der Waals surface area contributed by atoms with E-state index in [1.54, 1.807) is 0 Å². The molecule has 7 nitrogen and oxygen atoms in total. The molecule has 0 radical (unpaired) electrons. The van der Waals surface area contributed by atoms with Crippen LogP contribution >= 0.6 is 11.3 Å². The average molecular weight is 433 g/mol. The lowest BCUT2D eigenvalue weighted by Crippen LogP contribution is -2.39. The summed E-state index contributed by atoms with van der Waals surface area (Å²) in [7, 11) is -3.61. The second-order valence-electron chi connectivity index (χ2n) is 7.39. The minimum atomic E-state index is -3.61. The van der Waals surface area contributed by atoms with E-state index in [0.29, 0.717) is 25.2 Å². The Balaban J connectivity index is 1.69. The van der Waals surface area contributed by atoms with Gasteiger partial charge < -0.3 is 5.32 Å². The molecule has 29 heavy (non-hydrogen) atoms. The molecule has 1 aromatic carbocycles. The Labute approximate surface area is 175 Å². The summed E-state index contributed by atoms with van der Waals surface area (Å²) < 4.78 is 27.5. The maximum Gasteiger partial charge on any atom is 0.243 e. The number of thiazole rings is 1. The molecule has 1 N–H and O–H groups in total. The number of nitriles is 1. The topological polar surface area (TPSA) is 103 Å². The Morgan fingerprint density at radius 3 is 2.76 bits per heavy atom. The zero-order valence-corrected chi connectivity index (χ0v) is 18.1. The summed E-state index contributed by atoms with van der Waals surface area (Å²) in [6.45, 7) is 4.92. The highest BCUT2D eigenvalue weighted by Gasteiger charge is 2.32. The molecule has 2 aromatic rings. The number of rotatable bonds is 6. The molecule has 0 spiro atoms. The Morgan fingerprint density at radius 2 is 2.10 bits per heavy atom. The number of benzene rings is 1. The van der Waals surface area contributed by atoms with E-state index in [4.69, 9.17) is 5.26 Å². The molecule has 0 saturated carbocycles. The number of aromatic nitrogens is 1. The van der Waals surface area contributed by atoms with Crippen molar-refractivity contribution in [1.82, 2.24) is 14.6 Å². The Morgan fingerprint density at radius 1 is 1.38 bits per heavy atom. The van der Waals surface area contributed by atoms with Gasteiger partial charge in [-0.25, -0.2) is 13.4 Å². The van der Waals surface area contributed by atoms with Gasteiger partial charge in [0.25, 0.3) is 0 Å². The third-order valence-corrected chi connectivity index (χ3v) is 7.83. The van der Waals surface area contributed by atoms with Crippen LogP contribution in [0.5, 0.6) is 0 Å². The zero-order chi connectivity index (χ0) is 21.0. The molecule has 1 saturated heterocycles. The molecule has 2 heterocycles. The lowest BCUT2D eigenvalue weighted by molar-refractivity contribution is -0.124. The van der Waals surface area contributed by atoms with Crippen molar-refractivity contribution in [1.29, 1.82) is 5.26 Å². The highest BCUT2D eigenvalue weighted by atomic mass is 32.2. The van der Waals surface area contributed by atoms with Crippen molar-refractivity contribution >= 4 is 27.3 Å². The number of nitrogens with one attached hydrogen (secondary N) is 1. The van der Waals surface area contributed by atoms with Crippen molar-refractivity contribution in [2.45, 2.75) is 44.0 Å². The van der Waals surface area contributed by atoms with Crippen LogP contribution in [-0.2, 0) is 21.4 Å². The lowest BCUT2D eigenvalue weighted by atomic mass is 10.0. The minimum Gasteiger partial charge on any atom is -0.350 e. The van der Waals surface area contributed by atoms with Crippen LogP contribution in [0.3, 0.4) is 0 Å². The number of piperidine rings is 1. The first-order valence-corrected chi connectivity index (χ1v) is 11.9. The van der Waals surface area contributed by atoms with Gasteiger partial charge in [0.2, 0.25) is 15.9 Å². The first kappa shape index (κ1) is 21.4. The Bertz CT molecular complexity index is 1010. The maximum absolute atomic E-state index is 13.0. The molecule has 0 bridgehead atoms. The molecule has 9 heteroatoms. The molecule has 3 rings (SSSR count). The van der Waals surface area contributed by atoms with Gasteiger partial charge in [0.05, 0.1) is 33.8 Å². The van der Waals surface area contributed by atoms with Crippen LogP contribution in [0.2, 0.25) is 0 Å². The number of nitrogens with zero attached hydrogens (tertiary/aromatic N) is 3. The van der Waals surface area contributed by atoms with Gasteiger partial charge in [-0.05, 0) is 37.1 Å². The van der Waals surface area contributed by atoms with Gasteiger partial charge in [-0.3, -0.25) is 4.79 Å². The Hall–Kier alpha value is -2.28. The summed E-state index contributed by atoms with van der Waals surface area (Å²) in [5, 5.41) is 14.6. The van der Waals surface area contributed by atoms with Gasteiger partial charge in [-0.2, -0.15) is 9.57 Å². The van der Waals surface area contributed by atoms with E-state index < -0.39 is 10.0 Å². The smallest absolute Gasteiger partial charge is 0.243 e. The van der Waals surface area contributed by atoms with Crippen LogP contribution < -0.4 is 5.32 Å². The SMILES string of the molecule is CC(C)C(=O)NCc1csc([C@H]2CCCN(S(=O)(=O)c3ccc(C#N)cc3)C2)n1. The summed E-state index contributed by atoms with van der Waals surface area (Å²) in [6, 6.07) is 8.00. The van der Waals surface area contributed by atoms with Crippen LogP contribution in [0, 0.1) is 17.2 Å². The normalized spacial score (nSPS) is 17.8. The largest absolute Gasteiger partial charge is 0.350 e. The third kappa shape index (κ3) is 5.01. The Kier molecular flexibility index (Phi) is 6.67. The summed E-state index contributed by atoms with van der Waals surface area (Å²) >= 11 is 1.51. The number of hydrogen-bond donors (Lipinski definition) is 1. The van der Waals surface area contributed by atoms with E-state index in [1.807, 2.05) is 25.3 Å². The van der Waals surface area contributed by atoms with E-state index in [1.165, 1.54) is 39.9 Å². The van der Waals surface area contributed by atoms with Crippen LogP contribution in [0.1, 0.15) is 48.9 Å². The van der Waals surface area contributed by atoms with Crippen LogP contribution in [-0.4, -0.2) is 36.7 Å². The summed E-state index contributed by atoms with van der Waals surface area (Å²) in [6.07, 6.45) is 1.64. The van der Waals surface area contributed by atoms with Crippen molar-refractivity contribution in [2.75, 3.05) is 13.1 Å². The third-order valence-electron chi connectivity index (χ3n) is 4.89. The van der Waals surface area contributed by atoms with E-state index in [-0.39, 0.29) is 22.6 Å². The molecular weight excluding hydrogens is 408 g/mol. The molecule has 1 fully saturated rings. The fourth-order valence-corrected chi connectivity index (χ4v) is 5.66. The molecule has 1 amide bonds. The van der Waals surface area contributed by atoms with Gasteiger partial charge in [0, 0.05) is 30.3 Å². The molecule has 0 aliphatic carbocycles. The highest BCUT2D eigenvalue weighted by Crippen LogP contribution is 2.32. The number of amides is 1. The number of carbonyl (C=O) groups is 1. The van der Waals surface area contributed by atoms with Crippen molar-refractivity contribution in [2.24, 2.45) is 5.92 Å². The predicted molar refractivity (Wildman–Crippen MR) is 111 cm³/mol.